The molecule has 21 heavy (non-hydrogen) atoms. The van der Waals surface area contributed by atoms with Crippen molar-refractivity contribution >= 4 is 21.8 Å². The number of carbonyl (C=O) groups is 1. The third kappa shape index (κ3) is 4.56. The van der Waals surface area contributed by atoms with E-state index in [9.17, 15) is 9.18 Å². The summed E-state index contributed by atoms with van der Waals surface area (Å²) >= 11 is 3.32. The summed E-state index contributed by atoms with van der Waals surface area (Å²) in [5, 5.41) is 2.73. The first-order chi connectivity index (χ1) is 10.1. The maximum absolute atomic E-state index is 13.2. The lowest BCUT2D eigenvalue weighted by Crippen LogP contribution is -2.36. The number of carbonyl (C=O) groups excluding carboxylic acids is 1. The van der Waals surface area contributed by atoms with Crippen LogP contribution in [-0.4, -0.2) is 12.0 Å². The molecule has 110 valence electrons. The van der Waals surface area contributed by atoms with Gasteiger partial charge in [-0.2, -0.15) is 0 Å². The molecule has 0 aliphatic heterocycles. The van der Waals surface area contributed by atoms with Crippen LogP contribution in [0, 0.1) is 5.82 Å². The van der Waals surface area contributed by atoms with E-state index in [4.69, 9.17) is 4.74 Å². The Balaban J connectivity index is 1.91. The molecule has 0 aliphatic rings. The van der Waals surface area contributed by atoms with Gasteiger partial charge in [0.05, 0.1) is 0 Å². The Labute approximate surface area is 131 Å². The molecule has 1 atom stereocenters. The second kappa shape index (κ2) is 7.22. The monoisotopic (exact) mass is 351 g/mol. The second-order valence-corrected chi connectivity index (χ2v) is 5.38. The van der Waals surface area contributed by atoms with E-state index in [1.165, 1.54) is 12.1 Å². The standard InChI is InChI=1S/C16H15BrFNO2/c1-11(21-14-5-3-2-4-6-14)16(20)19-10-12-9-13(18)7-8-15(12)17/h2-9,11H,10H2,1H3,(H,19,20). The lowest BCUT2D eigenvalue weighted by molar-refractivity contribution is -0.127. The summed E-state index contributed by atoms with van der Waals surface area (Å²) in [4.78, 5) is 12.0. The Morgan fingerprint density at radius 3 is 2.71 bits per heavy atom. The van der Waals surface area contributed by atoms with E-state index < -0.39 is 6.10 Å². The first kappa shape index (κ1) is 15.5. The average Bonchev–Trinajstić information content (AvgIpc) is 2.49. The third-order valence-corrected chi connectivity index (χ3v) is 3.66. The molecular formula is C16H15BrFNO2. The van der Waals surface area contributed by atoms with E-state index in [2.05, 4.69) is 21.2 Å². The number of hydrogen-bond acceptors (Lipinski definition) is 2. The summed E-state index contributed by atoms with van der Waals surface area (Å²) in [6, 6.07) is 13.5. The van der Waals surface area contributed by atoms with Crippen LogP contribution in [0.2, 0.25) is 0 Å². The Kier molecular flexibility index (Phi) is 5.33. The van der Waals surface area contributed by atoms with Gasteiger partial charge in [0.15, 0.2) is 6.10 Å². The smallest absolute Gasteiger partial charge is 0.261 e. The SMILES string of the molecule is CC(Oc1ccccc1)C(=O)NCc1cc(F)ccc1Br. The highest BCUT2D eigenvalue weighted by atomic mass is 79.9. The molecule has 0 aliphatic carbocycles. The molecule has 0 heterocycles. The number of para-hydroxylation sites is 1. The fourth-order valence-corrected chi connectivity index (χ4v) is 2.15. The van der Waals surface area contributed by atoms with Crippen molar-refractivity contribution in [3.05, 3.63) is 64.4 Å². The van der Waals surface area contributed by atoms with Crippen LogP contribution < -0.4 is 10.1 Å². The van der Waals surface area contributed by atoms with Crippen LogP contribution >= 0.6 is 15.9 Å². The van der Waals surface area contributed by atoms with Crippen molar-refractivity contribution < 1.29 is 13.9 Å². The fourth-order valence-electron chi connectivity index (χ4n) is 1.76. The molecule has 1 unspecified atom stereocenters. The van der Waals surface area contributed by atoms with Crippen LogP contribution in [0.5, 0.6) is 5.75 Å². The van der Waals surface area contributed by atoms with Crippen molar-refractivity contribution in [3.63, 3.8) is 0 Å². The van der Waals surface area contributed by atoms with Crippen LogP contribution in [0.4, 0.5) is 4.39 Å². The summed E-state index contributed by atoms with van der Waals surface area (Å²) in [6.07, 6.45) is -0.625. The van der Waals surface area contributed by atoms with E-state index in [0.29, 0.717) is 11.3 Å². The van der Waals surface area contributed by atoms with Gasteiger partial charge >= 0.3 is 0 Å². The number of halogens is 2. The van der Waals surface area contributed by atoms with E-state index in [0.717, 1.165) is 4.47 Å². The average molecular weight is 352 g/mol. The molecule has 5 heteroatoms. The molecule has 0 bridgehead atoms. The van der Waals surface area contributed by atoms with Crippen LogP contribution in [-0.2, 0) is 11.3 Å². The Morgan fingerprint density at radius 2 is 2.00 bits per heavy atom. The summed E-state index contributed by atoms with van der Waals surface area (Å²) in [7, 11) is 0. The number of nitrogens with one attached hydrogen (secondary N) is 1. The van der Waals surface area contributed by atoms with Crippen molar-refractivity contribution in [2.24, 2.45) is 0 Å². The fraction of sp³-hybridized carbons (Fsp3) is 0.188. The third-order valence-electron chi connectivity index (χ3n) is 2.89. The summed E-state index contributed by atoms with van der Waals surface area (Å²) < 4.78 is 19.4. The van der Waals surface area contributed by atoms with Gasteiger partial charge in [0.1, 0.15) is 11.6 Å². The molecule has 2 aromatic rings. The predicted octanol–water partition coefficient (Wildman–Crippen LogP) is 3.67. The zero-order chi connectivity index (χ0) is 15.2. The molecule has 1 N–H and O–H groups in total. The van der Waals surface area contributed by atoms with Gasteiger partial charge in [-0.3, -0.25) is 4.79 Å². The van der Waals surface area contributed by atoms with Gasteiger partial charge in [0.2, 0.25) is 0 Å². The summed E-state index contributed by atoms with van der Waals surface area (Å²) in [5.74, 6) is 0.0399. The van der Waals surface area contributed by atoms with Crippen molar-refractivity contribution in [2.45, 2.75) is 19.6 Å². The van der Waals surface area contributed by atoms with Gasteiger partial charge in [0, 0.05) is 11.0 Å². The molecule has 0 fully saturated rings. The van der Waals surface area contributed by atoms with Crippen LogP contribution in [0.15, 0.2) is 53.0 Å². The van der Waals surface area contributed by atoms with Gasteiger partial charge in [-0.1, -0.05) is 34.1 Å². The number of ether oxygens (including phenoxy) is 1. The Morgan fingerprint density at radius 1 is 1.29 bits per heavy atom. The van der Waals surface area contributed by atoms with Crippen LogP contribution in [0.1, 0.15) is 12.5 Å². The van der Waals surface area contributed by atoms with Crippen molar-refractivity contribution in [3.8, 4) is 5.75 Å². The number of hydrogen-bond donors (Lipinski definition) is 1. The van der Waals surface area contributed by atoms with E-state index in [1.807, 2.05) is 18.2 Å². The van der Waals surface area contributed by atoms with Crippen molar-refractivity contribution in [1.29, 1.82) is 0 Å². The first-order valence-electron chi connectivity index (χ1n) is 6.49. The molecule has 3 nitrogen and oxygen atoms in total. The largest absolute Gasteiger partial charge is 0.481 e. The van der Waals surface area contributed by atoms with Gasteiger partial charge < -0.3 is 10.1 Å². The number of rotatable bonds is 5. The first-order valence-corrected chi connectivity index (χ1v) is 7.29. The zero-order valence-electron chi connectivity index (χ0n) is 11.5. The number of amides is 1. The minimum Gasteiger partial charge on any atom is -0.481 e. The molecule has 0 spiro atoms. The predicted molar refractivity (Wildman–Crippen MR) is 82.5 cm³/mol. The molecule has 1 amide bonds. The van der Waals surface area contributed by atoms with Crippen molar-refractivity contribution in [1.82, 2.24) is 5.32 Å². The summed E-state index contributed by atoms with van der Waals surface area (Å²) in [5.41, 5.74) is 0.676. The van der Waals surface area contributed by atoms with Crippen LogP contribution in [0.25, 0.3) is 0 Å². The maximum Gasteiger partial charge on any atom is 0.261 e. The minimum atomic E-state index is -0.625. The van der Waals surface area contributed by atoms with Gasteiger partial charge in [0.25, 0.3) is 5.91 Å². The van der Waals surface area contributed by atoms with E-state index in [1.54, 1.807) is 25.1 Å². The van der Waals surface area contributed by atoms with Crippen molar-refractivity contribution in [2.75, 3.05) is 0 Å². The quantitative estimate of drug-likeness (QED) is 0.892. The zero-order valence-corrected chi connectivity index (χ0v) is 13.1. The van der Waals surface area contributed by atoms with Gasteiger partial charge in [-0.15, -0.1) is 0 Å². The van der Waals surface area contributed by atoms with Gasteiger partial charge in [-0.05, 0) is 42.8 Å². The molecular weight excluding hydrogens is 337 g/mol. The van der Waals surface area contributed by atoms with Crippen LogP contribution in [0.3, 0.4) is 0 Å². The Bertz CT molecular complexity index is 619. The topological polar surface area (TPSA) is 38.3 Å². The summed E-state index contributed by atoms with van der Waals surface area (Å²) in [6.45, 7) is 1.91. The molecule has 0 saturated carbocycles. The molecule has 2 rings (SSSR count). The normalized spacial score (nSPS) is 11.8. The molecule has 0 saturated heterocycles. The highest BCUT2D eigenvalue weighted by Gasteiger charge is 2.14. The Hall–Kier alpha value is -1.88. The molecule has 2 aromatic carbocycles. The molecule has 0 aromatic heterocycles. The maximum atomic E-state index is 13.2. The highest BCUT2D eigenvalue weighted by molar-refractivity contribution is 9.10. The highest BCUT2D eigenvalue weighted by Crippen LogP contribution is 2.17. The minimum absolute atomic E-state index is 0.236. The lowest BCUT2D eigenvalue weighted by Gasteiger charge is -2.15. The second-order valence-electron chi connectivity index (χ2n) is 4.53. The molecule has 0 radical (unpaired) electrons. The lowest BCUT2D eigenvalue weighted by atomic mass is 10.2. The number of benzene rings is 2. The van der Waals surface area contributed by atoms with Gasteiger partial charge in [-0.25, -0.2) is 4.39 Å². The van der Waals surface area contributed by atoms with E-state index in [-0.39, 0.29) is 18.3 Å². The van der Waals surface area contributed by atoms with E-state index >= 15 is 0 Å².